The van der Waals surface area contributed by atoms with E-state index in [1.807, 2.05) is 0 Å². The van der Waals surface area contributed by atoms with Gasteiger partial charge in [0, 0.05) is 45.2 Å². The van der Waals surface area contributed by atoms with Crippen LogP contribution in [0.3, 0.4) is 0 Å². The number of likely N-dealkylation sites (tertiary alicyclic amines) is 1. The number of carbonyl (C=O) groups excluding carboxylic acids is 5. The van der Waals surface area contributed by atoms with Crippen LogP contribution < -0.4 is 15.4 Å². The van der Waals surface area contributed by atoms with Crippen LogP contribution in [0.5, 0.6) is 5.88 Å². The van der Waals surface area contributed by atoms with Crippen LogP contribution in [-0.4, -0.2) is 136 Å². The Morgan fingerprint density at radius 3 is 2.34 bits per heavy atom. The van der Waals surface area contributed by atoms with E-state index in [-0.39, 0.29) is 63.7 Å². The Kier molecular flexibility index (Phi) is 12.6. The summed E-state index contributed by atoms with van der Waals surface area (Å²) in [5.41, 5.74) is 0.194. The number of alkyl halides is 3. The first kappa shape index (κ1) is 37.5. The Hall–Kier alpha value is -5.36. The number of carboxylic acid groups (broad SMARTS) is 1. The van der Waals surface area contributed by atoms with Gasteiger partial charge in [0.05, 0.1) is 12.3 Å². The van der Waals surface area contributed by atoms with Crippen LogP contribution in [0, 0.1) is 0 Å². The van der Waals surface area contributed by atoms with Crippen molar-refractivity contribution < 1.29 is 56.5 Å². The highest BCUT2D eigenvalue weighted by Gasteiger charge is 2.37. The highest BCUT2D eigenvalue weighted by molar-refractivity contribution is 5.96. The van der Waals surface area contributed by atoms with Crippen molar-refractivity contribution in [3.05, 3.63) is 42.1 Å². The molecule has 50 heavy (non-hydrogen) atoms. The third kappa shape index (κ3) is 10.1. The number of carbonyl (C=O) groups is 6. The van der Waals surface area contributed by atoms with Gasteiger partial charge < -0.3 is 39.9 Å². The minimum Gasteiger partial charge on any atom is -0.481 e. The van der Waals surface area contributed by atoms with Crippen molar-refractivity contribution in [1.82, 2.24) is 35.1 Å². The van der Waals surface area contributed by atoms with E-state index in [1.165, 1.54) is 20.5 Å². The van der Waals surface area contributed by atoms with Crippen molar-refractivity contribution in [2.24, 2.45) is 0 Å². The summed E-state index contributed by atoms with van der Waals surface area (Å²) in [6.45, 7) is 0.448. The molecule has 0 radical (unpaired) electrons. The van der Waals surface area contributed by atoms with Gasteiger partial charge in [0.2, 0.25) is 17.7 Å². The van der Waals surface area contributed by atoms with Gasteiger partial charge in [-0.1, -0.05) is 18.2 Å². The van der Waals surface area contributed by atoms with Crippen LogP contribution >= 0.6 is 0 Å². The lowest BCUT2D eigenvalue weighted by molar-refractivity contribution is -0.145. The zero-order valence-electron chi connectivity index (χ0n) is 27.2. The first-order valence-electron chi connectivity index (χ1n) is 15.9. The highest BCUT2D eigenvalue weighted by Crippen LogP contribution is 2.23. The molecule has 2 atom stereocenters. The molecule has 2 saturated heterocycles. The zero-order chi connectivity index (χ0) is 36.4. The molecular formula is C31H38F3N7O9. The molecule has 3 heterocycles. The van der Waals surface area contributed by atoms with E-state index in [9.17, 15) is 47.0 Å². The van der Waals surface area contributed by atoms with Crippen molar-refractivity contribution in [2.45, 2.75) is 50.9 Å². The topological polar surface area (TPSA) is 193 Å². The van der Waals surface area contributed by atoms with Crippen molar-refractivity contribution in [3.63, 3.8) is 0 Å². The molecule has 0 aliphatic carbocycles. The molecule has 2 aliphatic heterocycles. The van der Waals surface area contributed by atoms with Crippen LogP contribution in [0.2, 0.25) is 0 Å². The Balaban J connectivity index is 1.47. The first-order chi connectivity index (χ1) is 23.8. The molecule has 272 valence electrons. The second-order valence-electron chi connectivity index (χ2n) is 11.5. The van der Waals surface area contributed by atoms with E-state index in [1.54, 1.807) is 42.6 Å². The molecule has 1 aromatic carbocycles. The standard InChI is InChI=1S/C31H38F3N7O9/c1-2-49-30(48)39-15-13-38(14-16-39)29(47)21(10-11-26(43)44)36-27(45)22-17-25(41(37-22)20-7-4-3-5-8-20)50-18-24(42)40-12-6-9-23(40)28(46)35-19-31(32,33)34/h3-5,7-8,17,21,23H,2,6,9-16,18-19H2,1H3,(H,35,46)(H,36,45)(H,43,44)/t21-,23-/m0/s1. The minimum absolute atomic E-state index is 0.0736. The molecule has 5 amide bonds. The van der Waals surface area contributed by atoms with Crippen LogP contribution in [-0.2, 0) is 23.9 Å². The number of para-hydroxylation sites is 1. The summed E-state index contributed by atoms with van der Waals surface area (Å²) in [5, 5.41) is 17.9. The Bertz CT molecular complexity index is 1550. The average molecular weight is 710 g/mol. The van der Waals surface area contributed by atoms with E-state index in [4.69, 9.17) is 9.47 Å². The molecule has 0 bridgehead atoms. The van der Waals surface area contributed by atoms with Gasteiger partial charge in [-0.3, -0.25) is 24.0 Å². The first-order valence-corrected chi connectivity index (χ1v) is 15.9. The fourth-order valence-electron chi connectivity index (χ4n) is 5.50. The Morgan fingerprint density at radius 1 is 1.02 bits per heavy atom. The molecule has 0 unspecified atom stereocenters. The number of carboxylic acids is 1. The lowest BCUT2D eigenvalue weighted by Crippen LogP contribution is -2.56. The monoisotopic (exact) mass is 709 g/mol. The molecule has 16 nitrogen and oxygen atoms in total. The summed E-state index contributed by atoms with van der Waals surface area (Å²) < 4.78 is 49.8. The Labute approximate surface area is 284 Å². The van der Waals surface area contributed by atoms with Gasteiger partial charge in [0.15, 0.2) is 12.3 Å². The molecule has 19 heteroatoms. The summed E-state index contributed by atoms with van der Waals surface area (Å²) >= 11 is 0. The summed E-state index contributed by atoms with van der Waals surface area (Å²) in [6, 6.07) is 7.22. The van der Waals surface area contributed by atoms with Gasteiger partial charge in [0.1, 0.15) is 18.6 Å². The predicted molar refractivity (Wildman–Crippen MR) is 166 cm³/mol. The smallest absolute Gasteiger partial charge is 0.409 e. The number of benzene rings is 1. The summed E-state index contributed by atoms with van der Waals surface area (Å²) in [6.07, 6.45) is -5.23. The maximum atomic E-state index is 13.5. The number of aromatic nitrogens is 2. The van der Waals surface area contributed by atoms with Crippen LogP contribution in [0.15, 0.2) is 36.4 Å². The van der Waals surface area contributed by atoms with Crippen molar-refractivity contribution >= 4 is 35.7 Å². The van der Waals surface area contributed by atoms with Gasteiger partial charge in [0.25, 0.3) is 11.8 Å². The second-order valence-corrected chi connectivity index (χ2v) is 11.5. The number of rotatable bonds is 13. The quantitative estimate of drug-likeness (QED) is 0.272. The number of hydrogen-bond acceptors (Lipinski definition) is 9. The number of amides is 5. The van der Waals surface area contributed by atoms with Gasteiger partial charge in [-0.15, -0.1) is 0 Å². The number of aliphatic carboxylic acids is 1. The minimum atomic E-state index is -4.61. The highest BCUT2D eigenvalue weighted by atomic mass is 19.4. The number of hydrogen-bond donors (Lipinski definition) is 3. The van der Waals surface area contributed by atoms with E-state index in [0.717, 1.165) is 4.90 Å². The van der Waals surface area contributed by atoms with E-state index >= 15 is 0 Å². The lowest BCUT2D eigenvalue weighted by atomic mass is 10.1. The number of nitrogens with one attached hydrogen (secondary N) is 2. The van der Waals surface area contributed by atoms with Gasteiger partial charge in [-0.05, 0) is 38.3 Å². The Morgan fingerprint density at radius 2 is 1.70 bits per heavy atom. The van der Waals surface area contributed by atoms with Gasteiger partial charge in [-0.25, -0.2) is 9.48 Å². The molecule has 2 fully saturated rings. The normalized spacial score (nSPS) is 16.8. The molecule has 4 rings (SSSR count). The van der Waals surface area contributed by atoms with Crippen molar-refractivity contribution in [2.75, 3.05) is 52.5 Å². The number of nitrogens with zero attached hydrogens (tertiary/aromatic N) is 5. The fraction of sp³-hybridized carbons (Fsp3) is 0.516. The SMILES string of the molecule is CCOC(=O)N1CCN(C(=O)[C@H](CCC(=O)O)NC(=O)c2cc(OCC(=O)N3CCC[C@H]3C(=O)NCC(F)(F)F)n(-c3ccccc3)n2)CC1. The number of halogens is 3. The molecule has 1 aromatic heterocycles. The predicted octanol–water partition coefficient (Wildman–Crippen LogP) is 1.18. The number of ether oxygens (including phenoxy) is 2. The van der Waals surface area contributed by atoms with Crippen molar-refractivity contribution in [3.8, 4) is 11.6 Å². The second kappa shape index (κ2) is 16.8. The number of piperazine rings is 1. The average Bonchev–Trinajstić information content (AvgIpc) is 3.76. The molecule has 3 N–H and O–H groups in total. The summed E-state index contributed by atoms with van der Waals surface area (Å²) in [5.74, 6) is -4.26. The molecule has 0 saturated carbocycles. The summed E-state index contributed by atoms with van der Waals surface area (Å²) in [4.78, 5) is 79.8. The lowest BCUT2D eigenvalue weighted by Gasteiger charge is -2.35. The van der Waals surface area contributed by atoms with E-state index < -0.39 is 73.5 Å². The maximum absolute atomic E-state index is 13.5. The third-order valence-electron chi connectivity index (χ3n) is 7.96. The van der Waals surface area contributed by atoms with E-state index in [2.05, 4.69) is 10.4 Å². The molecule has 2 aromatic rings. The molecule has 2 aliphatic rings. The largest absolute Gasteiger partial charge is 0.481 e. The molecular weight excluding hydrogens is 671 g/mol. The van der Waals surface area contributed by atoms with Gasteiger partial charge >= 0.3 is 18.2 Å². The van der Waals surface area contributed by atoms with Crippen LogP contribution in [0.4, 0.5) is 18.0 Å². The van der Waals surface area contributed by atoms with E-state index in [0.29, 0.717) is 12.1 Å². The maximum Gasteiger partial charge on any atom is 0.409 e. The van der Waals surface area contributed by atoms with Gasteiger partial charge in [-0.2, -0.15) is 18.3 Å². The van der Waals surface area contributed by atoms with Crippen LogP contribution in [0.25, 0.3) is 5.69 Å². The third-order valence-corrected chi connectivity index (χ3v) is 7.96. The molecule has 0 spiro atoms. The summed E-state index contributed by atoms with van der Waals surface area (Å²) in [7, 11) is 0. The fourth-order valence-corrected chi connectivity index (χ4v) is 5.50. The van der Waals surface area contributed by atoms with Crippen molar-refractivity contribution in [1.29, 1.82) is 0 Å². The zero-order valence-corrected chi connectivity index (χ0v) is 27.2. The van der Waals surface area contributed by atoms with Crippen LogP contribution in [0.1, 0.15) is 43.1 Å².